The van der Waals surface area contributed by atoms with Crippen LogP contribution in [0.2, 0.25) is 5.02 Å². The van der Waals surface area contributed by atoms with E-state index in [1.807, 2.05) is 0 Å². The minimum atomic E-state index is -4.34. The van der Waals surface area contributed by atoms with Crippen molar-refractivity contribution in [1.29, 1.82) is 0 Å². The number of hydrogen-bond donors (Lipinski definition) is 2. The van der Waals surface area contributed by atoms with Crippen LogP contribution in [-0.4, -0.2) is 39.9 Å². The van der Waals surface area contributed by atoms with E-state index < -0.39 is 30.8 Å². The van der Waals surface area contributed by atoms with E-state index in [0.717, 1.165) is 0 Å². The van der Waals surface area contributed by atoms with Crippen LogP contribution in [-0.2, 0) is 11.8 Å². The van der Waals surface area contributed by atoms with Gasteiger partial charge in [0.15, 0.2) is 5.69 Å². The van der Waals surface area contributed by atoms with Crippen LogP contribution in [0.3, 0.4) is 0 Å². The highest BCUT2D eigenvalue weighted by Crippen LogP contribution is 2.23. The molecule has 0 spiro atoms. The molecule has 2 rings (SSSR count). The summed E-state index contributed by atoms with van der Waals surface area (Å²) in [6.45, 7) is 0. The smallest absolute Gasteiger partial charge is 0.353 e. The fourth-order valence-corrected chi connectivity index (χ4v) is 2.93. The number of nitrogens with zero attached hydrogens (tertiary/aromatic N) is 2. The van der Waals surface area contributed by atoms with Crippen LogP contribution < -0.4 is 10.6 Å². The predicted octanol–water partition coefficient (Wildman–Crippen LogP) is 2.18. The maximum Gasteiger partial charge on any atom is 0.389 e. The van der Waals surface area contributed by atoms with Crippen molar-refractivity contribution in [3.05, 3.63) is 16.9 Å². The summed E-state index contributed by atoms with van der Waals surface area (Å²) >= 11 is 5.90. The third kappa shape index (κ3) is 5.40. The van der Waals surface area contributed by atoms with Crippen LogP contribution in [0, 0.1) is 0 Å². The number of amides is 2. The zero-order chi connectivity index (χ0) is 17.9. The number of carbonyl (C=O) groups excluding carboxylic acids is 2. The Morgan fingerprint density at radius 1 is 1.33 bits per heavy atom. The Labute approximate surface area is 141 Å². The highest BCUT2D eigenvalue weighted by molar-refractivity contribution is 6.33. The largest absolute Gasteiger partial charge is 0.389 e. The number of nitrogens with one attached hydrogen (secondary N) is 2. The average molecular weight is 367 g/mol. The first-order valence-electron chi connectivity index (χ1n) is 7.50. The first kappa shape index (κ1) is 18.6. The zero-order valence-electron chi connectivity index (χ0n) is 13.0. The van der Waals surface area contributed by atoms with Crippen molar-refractivity contribution < 1.29 is 22.8 Å². The lowest BCUT2D eigenvalue weighted by Crippen LogP contribution is -2.37. The van der Waals surface area contributed by atoms with Crippen molar-refractivity contribution >= 4 is 23.4 Å². The molecule has 134 valence electrons. The standard InChI is InChI=1S/C14H18ClF3N4O2/c1-22-7-10(15)12(21-22)13(24)20-9-3-2-8(6-9)19-11(23)4-5-14(16,17)18/h7-9H,2-6H2,1H3,(H,19,23)(H,20,24). The molecule has 1 aliphatic carbocycles. The molecule has 0 aromatic carbocycles. The summed E-state index contributed by atoms with van der Waals surface area (Å²) in [5, 5.41) is 9.56. The van der Waals surface area contributed by atoms with E-state index in [0.29, 0.717) is 19.3 Å². The van der Waals surface area contributed by atoms with E-state index in [2.05, 4.69) is 15.7 Å². The summed E-state index contributed by atoms with van der Waals surface area (Å²) < 4.78 is 37.7. The minimum Gasteiger partial charge on any atom is -0.353 e. The molecule has 10 heteroatoms. The van der Waals surface area contributed by atoms with Crippen LogP contribution in [0.15, 0.2) is 6.20 Å². The number of halogens is 4. The Hall–Kier alpha value is -1.77. The Bertz CT molecular complexity index is 618. The summed E-state index contributed by atoms with van der Waals surface area (Å²) in [6.07, 6.45) is -2.86. The molecule has 2 atom stereocenters. The number of aryl methyl sites for hydroxylation is 1. The molecule has 2 unspecified atom stereocenters. The van der Waals surface area contributed by atoms with Gasteiger partial charge in [0.05, 0.1) is 11.4 Å². The van der Waals surface area contributed by atoms with E-state index in [4.69, 9.17) is 11.6 Å². The zero-order valence-corrected chi connectivity index (χ0v) is 13.7. The fourth-order valence-electron chi connectivity index (χ4n) is 2.67. The van der Waals surface area contributed by atoms with Gasteiger partial charge in [-0.15, -0.1) is 0 Å². The maximum absolute atomic E-state index is 12.1. The molecule has 0 bridgehead atoms. The molecule has 2 N–H and O–H groups in total. The molecule has 2 amide bonds. The van der Waals surface area contributed by atoms with Gasteiger partial charge >= 0.3 is 6.18 Å². The lowest BCUT2D eigenvalue weighted by Gasteiger charge is -2.15. The normalized spacial score (nSPS) is 20.9. The van der Waals surface area contributed by atoms with E-state index in [1.54, 1.807) is 7.05 Å². The number of aromatic nitrogens is 2. The van der Waals surface area contributed by atoms with Crippen molar-refractivity contribution in [3.63, 3.8) is 0 Å². The molecular weight excluding hydrogens is 349 g/mol. The third-order valence-corrected chi connectivity index (χ3v) is 4.04. The van der Waals surface area contributed by atoms with Gasteiger partial charge in [0, 0.05) is 31.7 Å². The van der Waals surface area contributed by atoms with Crippen LogP contribution >= 0.6 is 11.6 Å². The van der Waals surface area contributed by atoms with Crippen LogP contribution in [0.5, 0.6) is 0 Å². The van der Waals surface area contributed by atoms with Gasteiger partial charge in [0.25, 0.3) is 5.91 Å². The second-order valence-electron chi connectivity index (χ2n) is 5.86. The van der Waals surface area contributed by atoms with Crippen molar-refractivity contribution in [2.24, 2.45) is 7.05 Å². The second kappa shape index (κ2) is 7.42. The van der Waals surface area contributed by atoms with Gasteiger partial charge in [-0.3, -0.25) is 14.3 Å². The molecular formula is C14H18ClF3N4O2. The summed E-state index contributed by atoms with van der Waals surface area (Å²) in [6, 6.07) is -0.418. The van der Waals surface area contributed by atoms with E-state index >= 15 is 0 Å². The summed E-state index contributed by atoms with van der Waals surface area (Å²) in [7, 11) is 1.64. The molecule has 0 aliphatic heterocycles. The highest BCUT2D eigenvalue weighted by Gasteiger charge is 2.31. The van der Waals surface area contributed by atoms with Crippen molar-refractivity contribution in [1.82, 2.24) is 20.4 Å². The number of alkyl halides is 3. The van der Waals surface area contributed by atoms with Gasteiger partial charge in [-0.05, 0) is 19.3 Å². The average Bonchev–Trinajstić information content (AvgIpc) is 3.02. The number of hydrogen-bond acceptors (Lipinski definition) is 3. The monoisotopic (exact) mass is 366 g/mol. The number of carbonyl (C=O) groups is 2. The number of rotatable bonds is 5. The molecule has 24 heavy (non-hydrogen) atoms. The Balaban J connectivity index is 1.78. The van der Waals surface area contributed by atoms with Gasteiger partial charge in [0.2, 0.25) is 5.91 Å². The molecule has 1 aliphatic rings. The molecule has 1 fully saturated rings. The Kier molecular flexibility index (Phi) is 5.74. The lowest BCUT2D eigenvalue weighted by atomic mass is 10.2. The van der Waals surface area contributed by atoms with E-state index in [-0.39, 0.29) is 22.8 Å². The molecule has 1 aromatic rings. The Morgan fingerprint density at radius 2 is 1.96 bits per heavy atom. The molecule has 0 saturated heterocycles. The maximum atomic E-state index is 12.1. The van der Waals surface area contributed by atoms with E-state index in [1.165, 1.54) is 10.9 Å². The first-order valence-corrected chi connectivity index (χ1v) is 7.88. The highest BCUT2D eigenvalue weighted by atomic mass is 35.5. The molecule has 1 aromatic heterocycles. The van der Waals surface area contributed by atoms with E-state index in [9.17, 15) is 22.8 Å². The fraction of sp³-hybridized carbons (Fsp3) is 0.643. The quantitative estimate of drug-likeness (QED) is 0.838. The van der Waals surface area contributed by atoms with Crippen molar-refractivity contribution in [3.8, 4) is 0 Å². The van der Waals surface area contributed by atoms with Gasteiger partial charge in [0.1, 0.15) is 0 Å². The summed E-state index contributed by atoms with van der Waals surface area (Å²) in [5.41, 5.74) is 0.122. The minimum absolute atomic E-state index is 0.122. The van der Waals surface area contributed by atoms with Crippen molar-refractivity contribution in [2.45, 2.75) is 50.4 Å². The van der Waals surface area contributed by atoms with Gasteiger partial charge in [-0.1, -0.05) is 11.6 Å². The van der Waals surface area contributed by atoms with Gasteiger partial charge < -0.3 is 10.6 Å². The lowest BCUT2D eigenvalue weighted by molar-refractivity contribution is -0.144. The van der Waals surface area contributed by atoms with Crippen LogP contribution in [0.1, 0.15) is 42.6 Å². The first-order chi connectivity index (χ1) is 11.1. The third-order valence-electron chi connectivity index (χ3n) is 3.77. The van der Waals surface area contributed by atoms with Crippen LogP contribution in [0.25, 0.3) is 0 Å². The topological polar surface area (TPSA) is 76.0 Å². The van der Waals surface area contributed by atoms with Crippen molar-refractivity contribution in [2.75, 3.05) is 0 Å². The summed E-state index contributed by atoms with van der Waals surface area (Å²) in [5.74, 6) is -1.04. The molecule has 0 radical (unpaired) electrons. The van der Waals surface area contributed by atoms with Gasteiger partial charge in [-0.25, -0.2) is 0 Å². The summed E-state index contributed by atoms with van der Waals surface area (Å²) in [4.78, 5) is 23.6. The molecule has 1 saturated carbocycles. The van der Waals surface area contributed by atoms with Gasteiger partial charge in [-0.2, -0.15) is 18.3 Å². The second-order valence-corrected chi connectivity index (χ2v) is 6.27. The SMILES string of the molecule is Cn1cc(Cl)c(C(=O)NC2CCC(NC(=O)CCC(F)(F)F)C2)n1. The Morgan fingerprint density at radius 3 is 2.50 bits per heavy atom. The molecule has 1 heterocycles. The molecule has 6 nitrogen and oxygen atoms in total. The van der Waals surface area contributed by atoms with Crippen LogP contribution in [0.4, 0.5) is 13.2 Å². The predicted molar refractivity (Wildman–Crippen MR) is 80.5 cm³/mol.